The van der Waals surface area contributed by atoms with E-state index in [-0.39, 0.29) is 28.1 Å². The third-order valence-electron chi connectivity index (χ3n) is 27.3. The summed E-state index contributed by atoms with van der Waals surface area (Å²) in [6.07, 6.45) is 72.4. The van der Waals surface area contributed by atoms with Gasteiger partial charge in [-0.15, -0.1) is 0 Å². The molecule has 0 saturated heterocycles. The van der Waals surface area contributed by atoms with Crippen LogP contribution in [0.15, 0.2) is 109 Å². The van der Waals surface area contributed by atoms with Gasteiger partial charge < -0.3 is 36.2 Å². The van der Waals surface area contributed by atoms with Gasteiger partial charge in [0.15, 0.2) is 0 Å². The molecule has 3 atom stereocenters. The highest BCUT2D eigenvalue weighted by atomic mass is 31.2. The van der Waals surface area contributed by atoms with E-state index in [1.807, 2.05) is 0 Å². The van der Waals surface area contributed by atoms with Crippen molar-refractivity contribution in [1.82, 2.24) is 0 Å². The molecule has 0 aliphatic carbocycles. The number of hydrogen-bond donors (Lipinski definition) is 0. The zero-order valence-corrected chi connectivity index (χ0v) is 91.9. The van der Waals surface area contributed by atoms with Crippen molar-refractivity contribution in [2.45, 2.75) is 532 Å². The second kappa shape index (κ2) is 70.0. The monoisotopic (exact) mass is 1890 g/mol. The van der Waals surface area contributed by atoms with Crippen molar-refractivity contribution in [3.63, 3.8) is 0 Å². The van der Waals surface area contributed by atoms with Gasteiger partial charge in [-0.2, -0.15) is 0 Å². The van der Waals surface area contributed by atoms with E-state index in [0.717, 1.165) is 135 Å². The fraction of sp³-hybridized carbons (Fsp3) is 0.702. The van der Waals surface area contributed by atoms with Crippen LogP contribution in [-0.4, -0.2) is 19.8 Å². The molecule has 6 aromatic rings. The van der Waals surface area contributed by atoms with E-state index in [2.05, 4.69) is 241 Å². The van der Waals surface area contributed by atoms with Crippen LogP contribution in [0, 0.1) is 20.8 Å². The Morgan fingerprint density at radius 1 is 0.233 bits per heavy atom. The van der Waals surface area contributed by atoms with Gasteiger partial charge in [-0.3, -0.25) is 4.52 Å². The summed E-state index contributed by atoms with van der Waals surface area (Å²) < 4.78 is 64.8. The van der Waals surface area contributed by atoms with E-state index < -0.39 is 25.8 Å². The van der Waals surface area contributed by atoms with Crippen molar-refractivity contribution in [2.24, 2.45) is 0 Å². The highest BCUT2D eigenvalue weighted by molar-refractivity contribution is 7.43. The normalized spacial score (nSPS) is 12.8. The lowest BCUT2D eigenvalue weighted by Crippen LogP contribution is -2.19. The Morgan fingerprint density at radius 3 is 0.722 bits per heavy atom. The number of unbranched alkanes of at least 4 members (excludes halogenated alkanes) is 48. The average molecular weight is 1890 g/mol. The zero-order chi connectivity index (χ0) is 96.0. The largest absolute Gasteiger partial charge is 0.530 e. The van der Waals surface area contributed by atoms with Gasteiger partial charge in [0.2, 0.25) is 0 Å². The molecule has 0 spiro atoms. The predicted octanol–water partition coefficient (Wildman–Crippen LogP) is 41.7. The summed E-state index contributed by atoms with van der Waals surface area (Å²) in [4.78, 5) is 0. The molecular weight excluding hydrogens is 1690 g/mol. The Bertz CT molecular complexity index is 3850. The van der Waals surface area contributed by atoms with Gasteiger partial charge in [0.25, 0.3) is 0 Å². The Kier molecular flexibility index (Phi) is 61.6. The first-order valence-electron chi connectivity index (χ1n) is 55.5. The predicted molar refractivity (Wildman–Crippen MR) is 581 cm³/mol. The Balaban J connectivity index is 1.46. The summed E-state index contributed by atoms with van der Waals surface area (Å²) >= 11 is 0. The average Bonchev–Trinajstić information content (AvgIpc) is 0.759. The zero-order valence-electron chi connectivity index (χ0n) is 89.2. The van der Waals surface area contributed by atoms with Crippen LogP contribution >= 0.6 is 25.8 Å². The van der Waals surface area contributed by atoms with Crippen LogP contribution in [-0.2, 0) is 49.1 Å². The quantitative estimate of drug-likeness (QED) is 0.0274. The topological polar surface area (TPSA) is 83.1 Å². The third-order valence-corrected chi connectivity index (χ3v) is 30.6. The highest BCUT2D eigenvalue weighted by Crippen LogP contribution is 2.54. The minimum atomic E-state index is -2.00. The van der Waals surface area contributed by atoms with Crippen LogP contribution in [0.3, 0.4) is 0 Å². The first-order chi connectivity index (χ1) is 64.4. The summed E-state index contributed by atoms with van der Waals surface area (Å²) in [5, 5.41) is 0. The minimum absolute atomic E-state index is 0.0698. The van der Waals surface area contributed by atoms with Crippen LogP contribution in [0.2, 0.25) is 0 Å². The van der Waals surface area contributed by atoms with Crippen molar-refractivity contribution in [1.29, 1.82) is 0 Å². The van der Waals surface area contributed by atoms with E-state index in [9.17, 15) is 0 Å². The summed E-state index contributed by atoms with van der Waals surface area (Å²) in [7, 11) is -5.56. The molecule has 0 aliphatic rings. The maximum atomic E-state index is 7.49. The number of aryl methyl sites for hydroxylation is 6. The Labute approximate surface area is 823 Å². The van der Waals surface area contributed by atoms with E-state index in [4.69, 9.17) is 40.7 Å². The molecule has 6 aromatic carbocycles. The molecule has 0 aromatic heterocycles. The minimum Gasteiger partial charge on any atom is -0.426 e. The highest BCUT2D eigenvalue weighted by Gasteiger charge is 2.35. The van der Waals surface area contributed by atoms with Crippen LogP contribution in [0.1, 0.15) is 543 Å². The molecule has 3 unspecified atom stereocenters. The number of para-hydroxylation sites is 3. The summed E-state index contributed by atoms with van der Waals surface area (Å²) in [5.41, 5.74) is 13.5. The van der Waals surface area contributed by atoms with E-state index in [1.54, 1.807) is 0 Å². The van der Waals surface area contributed by atoms with Gasteiger partial charge in [-0.05, 0) is 194 Å². The van der Waals surface area contributed by atoms with Crippen molar-refractivity contribution in [3.05, 3.63) is 176 Å². The molecule has 12 heteroatoms. The lowest BCUT2D eigenvalue weighted by atomic mass is 9.74. The smallest absolute Gasteiger partial charge is 0.426 e. The number of hydrogen-bond acceptors (Lipinski definition) is 9. The molecule has 6 rings (SSSR count). The van der Waals surface area contributed by atoms with Crippen LogP contribution < -0.4 is 27.1 Å². The third kappa shape index (κ3) is 48.3. The van der Waals surface area contributed by atoms with E-state index in [0.29, 0.717) is 19.8 Å². The fourth-order valence-corrected chi connectivity index (χ4v) is 22.1. The van der Waals surface area contributed by atoms with Crippen LogP contribution in [0.4, 0.5) is 0 Å². The summed E-state index contributed by atoms with van der Waals surface area (Å²) in [6, 6.07) is 40.4. The molecule has 0 aliphatic heterocycles. The lowest BCUT2D eigenvalue weighted by Gasteiger charge is -2.33. The van der Waals surface area contributed by atoms with E-state index >= 15 is 0 Å². The van der Waals surface area contributed by atoms with Gasteiger partial charge in [0.1, 0.15) is 34.5 Å². The molecule has 0 fully saturated rings. The SMILES string of the molecule is CCCCCCCCCCCCCCOP(OCCCCCCCCCCCCCC)Oc1cc(C)c(C(CC(C)c2cc(C(C)(C)C)c(OP(Oc3ccccc3CCCCCCCC)Oc3ccccc3CCCCCCCC)cc2C)c2cc(C(C)(C)C)c(OP(OCCCCCCCCCCCCCC)Oc3ccccc3CCCCCCCC)cc2C)cc1C(C)(C)C. The van der Waals surface area contributed by atoms with Crippen molar-refractivity contribution in [3.8, 4) is 34.5 Å². The van der Waals surface area contributed by atoms with Crippen molar-refractivity contribution in [2.75, 3.05) is 19.8 Å². The molecule has 9 nitrogen and oxygen atoms in total. The van der Waals surface area contributed by atoms with Gasteiger partial charge in [0, 0.05) is 22.6 Å². The maximum absolute atomic E-state index is 7.49. The lowest BCUT2D eigenvalue weighted by molar-refractivity contribution is 0.197. The first kappa shape index (κ1) is 117. The second-order valence-corrected chi connectivity index (χ2v) is 46.0. The molecule has 133 heavy (non-hydrogen) atoms. The van der Waals surface area contributed by atoms with Crippen molar-refractivity contribution < 1.29 is 40.7 Å². The van der Waals surface area contributed by atoms with Crippen molar-refractivity contribution >= 4 is 25.8 Å². The van der Waals surface area contributed by atoms with Gasteiger partial charge in [-0.25, -0.2) is 0 Å². The maximum Gasteiger partial charge on any atom is 0.530 e. The summed E-state index contributed by atoms with van der Waals surface area (Å²) in [5.74, 6) is 5.00. The number of benzene rings is 6. The van der Waals surface area contributed by atoms with E-state index in [1.165, 1.54) is 339 Å². The molecule has 0 saturated carbocycles. The van der Waals surface area contributed by atoms with Crippen LogP contribution in [0.25, 0.3) is 0 Å². The molecule has 0 amide bonds. The van der Waals surface area contributed by atoms with Crippen LogP contribution in [0.5, 0.6) is 34.5 Å². The molecule has 0 heterocycles. The standard InChI is InChI=1S/C121H199O9P3/c1-20-26-32-38-44-47-50-53-56-59-65-77-89-122-131(123-90-78-66-60-57-54-51-48-45-39-33-27-21-2)128-116-94-101(9)107(97-111(116)120(14,15)16)109(108-98-112(121(17,18)19)117(95-102(108)10)129-132(124-91-79-67-61-58-55-52-49-46-40-34-28-22-3)125-113-86-74-71-83-103(113)80-68-62-41-35-29-23-4)92-99(7)106-96-110(119(11,12)13)118(93-100(106)8)130-133(126-114-87-75-72-84-104(114)81-69-63-42-36-30-24-5)127-115-88-76-73-85-105(115)82-70-64-43-37-31-25-6/h71-76,83-88,93-99,109H,20-70,77-82,89-92H2,1-19H3. The Morgan fingerprint density at radius 2 is 0.444 bits per heavy atom. The number of rotatable bonds is 80. The molecule has 752 valence electrons. The Hall–Kier alpha value is -4.71. The molecule has 0 N–H and O–H groups in total. The second-order valence-electron chi connectivity index (χ2n) is 42.8. The van der Waals surface area contributed by atoms with Gasteiger partial charge in [-0.1, -0.05) is 492 Å². The summed E-state index contributed by atoms with van der Waals surface area (Å²) in [6.45, 7) is 46.1. The van der Waals surface area contributed by atoms with Gasteiger partial charge >= 0.3 is 25.8 Å². The van der Waals surface area contributed by atoms with Gasteiger partial charge in [0.05, 0.1) is 19.8 Å². The molecular formula is C121H199O9P3. The fourth-order valence-electron chi connectivity index (χ4n) is 18.9. The molecule has 0 radical (unpaired) electrons. The molecule has 0 bridgehead atoms. The first-order valence-corrected chi connectivity index (χ1v) is 58.8.